The van der Waals surface area contributed by atoms with Gasteiger partial charge in [0.05, 0.1) is 22.9 Å². The number of carbonyl (C=O) groups excluding carboxylic acids is 3. The molecule has 0 saturated carbocycles. The zero-order valence-electron chi connectivity index (χ0n) is 22.5. The molecule has 4 aromatic rings. The molecule has 0 radical (unpaired) electrons. The first-order valence-corrected chi connectivity index (χ1v) is 13.2. The van der Waals surface area contributed by atoms with Crippen LogP contribution in [0.4, 0.5) is 4.79 Å². The Balaban J connectivity index is 0.00000169. The van der Waals surface area contributed by atoms with Crippen LogP contribution in [0.1, 0.15) is 16.7 Å². The van der Waals surface area contributed by atoms with Crippen LogP contribution in [0.15, 0.2) is 53.5 Å². The predicted octanol–water partition coefficient (Wildman–Crippen LogP) is 3.42. The van der Waals surface area contributed by atoms with Crippen molar-refractivity contribution >= 4 is 75.7 Å². The smallest absolute Gasteiger partial charge is 0.320 e. The molecule has 1 fully saturated rings. The number of furan rings is 1. The highest BCUT2D eigenvalue weighted by molar-refractivity contribution is 6.50. The van der Waals surface area contributed by atoms with Crippen LogP contribution in [-0.2, 0) is 22.6 Å². The number of nitrogens with zero attached hydrogens (tertiary/aromatic N) is 5. The van der Waals surface area contributed by atoms with E-state index in [1.54, 1.807) is 24.7 Å². The van der Waals surface area contributed by atoms with Crippen molar-refractivity contribution in [1.29, 1.82) is 0 Å². The van der Waals surface area contributed by atoms with E-state index in [9.17, 15) is 14.4 Å². The number of benzene rings is 1. The van der Waals surface area contributed by atoms with Crippen molar-refractivity contribution in [2.24, 2.45) is 0 Å². The number of imide groups is 1. The second-order valence-electron chi connectivity index (χ2n) is 10.4. The minimum Gasteiger partial charge on any atom is -0.464 e. The minimum atomic E-state index is -0.467. The van der Waals surface area contributed by atoms with Crippen LogP contribution in [0.25, 0.3) is 33.0 Å². The molecule has 3 aromatic heterocycles. The molecule has 0 bridgehead atoms. The predicted molar refractivity (Wildman–Crippen MR) is 160 cm³/mol. The molecule has 0 atom stereocenters. The fourth-order valence-electron chi connectivity index (χ4n) is 6.04. The molecule has 1 N–H and O–H groups in total. The molecule has 3 aliphatic rings. The SMILES string of the molecule is CN1CCN(C(=O)N2CCc3cccc4c(C5=C(c6cncc7ccoc67)C(=O)NC5=O)cn(c34)CC2)CC1.Cl.Cl. The minimum absolute atomic E-state index is 0. The number of likely N-dealkylation sites (N-methyl/N-ethyl adjacent to an activating group) is 1. The molecule has 41 heavy (non-hydrogen) atoms. The fraction of sp³-hybridized carbons (Fsp3) is 0.310. The Kier molecular flexibility index (Phi) is 7.83. The number of fused-ring (bicyclic) bond motifs is 1. The number of piperazine rings is 1. The quantitative estimate of drug-likeness (QED) is 0.356. The van der Waals surface area contributed by atoms with Gasteiger partial charge in [0.15, 0.2) is 0 Å². The van der Waals surface area contributed by atoms with Crippen LogP contribution < -0.4 is 5.32 Å². The first-order valence-electron chi connectivity index (χ1n) is 13.2. The van der Waals surface area contributed by atoms with Gasteiger partial charge in [-0.3, -0.25) is 19.9 Å². The van der Waals surface area contributed by atoms with Crippen LogP contribution in [0, 0.1) is 0 Å². The zero-order valence-corrected chi connectivity index (χ0v) is 24.1. The molecular formula is C29H30Cl2N6O4. The molecule has 214 valence electrons. The summed E-state index contributed by atoms with van der Waals surface area (Å²) in [6.45, 7) is 5.00. The summed E-state index contributed by atoms with van der Waals surface area (Å²) >= 11 is 0. The highest BCUT2D eigenvalue weighted by Gasteiger charge is 2.36. The number of rotatable bonds is 2. The maximum atomic E-state index is 13.4. The van der Waals surface area contributed by atoms with Crippen molar-refractivity contribution in [3.8, 4) is 0 Å². The maximum absolute atomic E-state index is 13.4. The lowest BCUT2D eigenvalue weighted by atomic mass is 9.95. The lowest BCUT2D eigenvalue weighted by Crippen LogP contribution is -2.52. The van der Waals surface area contributed by atoms with Crippen LogP contribution in [0.3, 0.4) is 0 Å². The molecular weight excluding hydrogens is 567 g/mol. The van der Waals surface area contributed by atoms with Gasteiger partial charge in [-0.1, -0.05) is 18.2 Å². The summed E-state index contributed by atoms with van der Waals surface area (Å²) < 4.78 is 7.80. The normalized spacial score (nSPS) is 17.8. The summed E-state index contributed by atoms with van der Waals surface area (Å²) in [5, 5.41) is 4.15. The number of pyridine rings is 1. The average Bonchev–Trinajstić information content (AvgIpc) is 3.62. The summed E-state index contributed by atoms with van der Waals surface area (Å²) in [5.74, 6) is -0.907. The number of hydrogen-bond donors (Lipinski definition) is 1. The fourth-order valence-corrected chi connectivity index (χ4v) is 6.04. The molecule has 7 rings (SSSR count). The van der Waals surface area contributed by atoms with E-state index in [0.717, 1.165) is 48.0 Å². The molecule has 0 aliphatic carbocycles. The number of aromatic nitrogens is 2. The lowest BCUT2D eigenvalue weighted by molar-refractivity contribution is -0.122. The monoisotopic (exact) mass is 596 g/mol. The van der Waals surface area contributed by atoms with Gasteiger partial charge in [0.1, 0.15) is 5.58 Å². The second-order valence-corrected chi connectivity index (χ2v) is 10.4. The van der Waals surface area contributed by atoms with Crippen molar-refractivity contribution < 1.29 is 18.8 Å². The molecule has 0 spiro atoms. The van der Waals surface area contributed by atoms with E-state index in [0.29, 0.717) is 48.3 Å². The molecule has 0 unspecified atom stereocenters. The van der Waals surface area contributed by atoms with Crippen molar-refractivity contribution in [2.75, 3.05) is 46.3 Å². The van der Waals surface area contributed by atoms with E-state index in [1.165, 1.54) is 0 Å². The zero-order chi connectivity index (χ0) is 26.7. The maximum Gasteiger partial charge on any atom is 0.320 e. The summed E-state index contributed by atoms with van der Waals surface area (Å²) in [7, 11) is 2.08. The van der Waals surface area contributed by atoms with Gasteiger partial charge < -0.3 is 23.7 Å². The van der Waals surface area contributed by atoms with E-state index >= 15 is 0 Å². The van der Waals surface area contributed by atoms with Crippen molar-refractivity contribution in [1.82, 2.24) is 29.6 Å². The van der Waals surface area contributed by atoms with E-state index in [1.807, 2.05) is 28.1 Å². The summed E-state index contributed by atoms with van der Waals surface area (Å²) in [5.41, 5.74) is 4.41. The largest absolute Gasteiger partial charge is 0.464 e. The van der Waals surface area contributed by atoms with Crippen LogP contribution >= 0.6 is 24.8 Å². The standard InChI is InChI=1S/C29H28N6O4.2ClH/c1-32-8-10-34(11-9-32)29(38)33-7-5-18-3-2-4-20-22(17-35(13-12-33)25(18)20)24-23(27(36)31-28(24)37)21-16-30-15-19-6-14-39-26(19)21;;/h2-4,6,14-17H,5,7-13H2,1H3,(H,31,36,37);2*1H. The number of halogens is 2. The van der Waals surface area contributed by atoms with E-state index in [4.69, 9.17) is 4.42 Å². The van der Waals surface area contributed by atoms with Crippen molar-refractivity contribution in [3.63, 3.8) is 0 Å². The Hall–Kier alpha value is -3.86. The van der Waals surface area contributed by atoms with Gasteiger partial charge in [-0.05, 0) is 25.1 Å². The van der Waals surface area contributed by atoms with Gasteiger partial charge in [0.25, 0.3) is 11.8 Å². The molecule has 4 amide bonds. The van der Waals surface area contributed by atoms with Gasteiger partial charge in [-0.15, -0.1) is 24.8 Å². The molecule has 3 aliphatic heterocycles. The van der Waals surface area contributed by atoms with Gasteiger partial charge in [0.2, 0.25) is 0 Å². The number of urea groups is 1. The summed E-state index contributed by atoms with van der Waals surface area (Å²) in [6, 6.07) is 7.91. The van der Waals surface area contributed by atoms with Crippen LogP contribution in [-0.4, -0.2) is 88.4 Å². The highest BCUT2D eigenvalue weighted by Crippen LogP contribution is 2.39. The lowest BCUT2D eigenvalue weighted by Gasteiger charge is -2.36. The van der Waals surface area contributed by atoms with Gasteiger partial charge >= 0.3 is 6.03 Å². The van der Waals surface area contributed by atoms with Crippen LogP contribution in [0.5, 0.6) is 0 Å². The summed E-state index contributed by atoms with van der Waals surface area (Å²) in [6.07, 6.45) is 7.43. The first-order chi connectivity index (χ1) is 19.0. The van der Waals surface area contributed by atoms with E-state index in [-0.39, 0.29) is 36.4 Å². The Morgan fingerprint density at radius 1 is 0.878 bits per heavy atom. The number of nitrogens with one attached hydrogen (secondary N) is 1. The van der Waals surface area contributed by atoms with Gasteiger partial charge in [-0.2, -0.15) is 0 Å². The summed E-state index contributed by atoms with van der Waals surface area (Å²) in [4.78, 5) is 50.1. The van der Waals surface area contributed by atoms with E-state index < -0.39 is 11.8 Å². The number of para-hydroxylation sites is 1. The number of amides is 4. The molecule has 10 nitrogen and oxygen atoms in total. The number of carbonyl (C=O) groups is 3. The van der Waals surface area contributed by atoms with Crippen molar-refractivity contribution in [3.05, 3.63) is 65.8 Å². The number of hydrogen-bond acceptors (Lipinski definition) is 6. The Morgan fingerprint density at radius 2 is 1.59 bits per heavy atom. The van der Waals surface area contributed by atoms with Crippen molar-refractivity contribution in [2.45, 2.75) is 13.0 Å². The van der Waals surface area contributed by atoms with Crippen LogP contribution in [0.2, 0.25) is 0 Å². The molecule has 6 heterocycles. The molecule has 12 heteroatoms. The Labute approximate surface area is 248 Å². The Bertz CT molecular complexity index is 1700. The van der Waals surface area contributed by atoms with Gasteiger partial charge in [0, 0.05) is 86.3 Å². The highest BCUT2D eigenvalue weighted by atomic mass is 35.5. The van der Waals surface area contributed by atoms with E-state index in [2.05, 4.69) is 32.9 Å². The molecule has 1 saturated heterocycles. The Morgan fingerprint density at radius 3 is 2.37 bits per heavy atom. The molecule has 1 aromatic carbocycles. The third-order valence-corrected chi connectivity index (χ3v) is 8.12. The topological polar surface area (TPSA) is 104 Å². The second kappa shape index (κ2) is 11.2. The van der Waals surface area contributed by atoms with Gasteiger partial charge in [-0.25, -0.2) is 4.79 Å². The third kappa shape index (κ3) is 4.75. The first kappa shape index (κ1) is 28.7. The average molecular weight is 598 g/mol. The third-order valence-electron chi connectivity index (χ3n) is 8.12.